The third-order valence-corrected chi connectivity index (χ3v) is 3.76. The summed E-state index contributed by atoms with van der Waals surface area (Å²) in [6.07, 6.45) is -4.54. The Bertz CT molecular complexity index is 822. The van der Waals surface area contributed by atoms with Gasteiger partial charge in [-0.3, -0.25) is 0 Å². The zero-order chi connectivity index (χ0) is 21.6. The van der Waals surface area contributed by atoms with Gasteiger partial charge in [-0.15, -0.1) is 0 Å². The standard InChI is InChI=1S/C18H19F3N2O6/c1-3-27-16(25)15-10(2)22-17(26)23-13(15)8-29-14(24)9-28-12-6-4-5-11(7-12)18(19,20)21/h4-7,10H,3,8-9H2,1-2H3,(H2,22,23,26)/t10-/m1/s1. The Morgan fingerprint density at radius 2 is 1.93 bits per heavy atom. The van der Waals surface area contributed by atoms with Crippen LogP contribution < -0.4 is 15.4 Å². The number of nitrogens with one attached hydrogen (secondary N) is 2. The molecule has 0 saturated heterocycles. The number of carbonyl (C=O) groups excluding carboxylic acids is 3. The van der Waals surface area contributed by atoms with E-state index < -0.39 is 49.0 Å². The summed E-state index contributed by atoms with van der Waals surface area (Å²) in [6, 6.07) is 2.78. The molecule has 1 atom stereocenters. The Labute approximate surface area is 164 Å². The second kappa shape index (κ2) is 9.30. The number of ether oxygens (including phenoxy) is 3. The summed E-state index contributed by atoms with van der Waals surface area (Å²) in [7, 11) is 0. The molecule has 29 heavy (non-hydrogen) atoms. The van der Waals surface area contributed by atoms with Crippen molar-refractivity contribution in [3.8, 4) is 5.75 Å². The number of urea groups is 1. The number of alkyl halides is 3. The van der Waals surface area contributed by atoms with Crippen molar-refractivity contribution >= 4 is 18.0 Å². The van der Waals surface area contributed by atoms with Crippen LogP contribution in [0.3, 0.4) is 0 Å². The van der Waals surface area contributed by atoms with E-state index in [1.54, 1.807) is 13.8 Å². The van der Waals surface area contributed by atoms with Gasteiger partial charge in [-0.2, -0.15) is 13.2 Å². The molecule has 1 aliphatic heterocycles. The Balaban J connectivity index is 1.99. The topological polar surface area (TPSA) is 103 Å². The van der Waals surface area contributed by atoms with E-state index in [4.69, 9.17) is 14.2 Å². The minimum Gasteiger partial charge on any atom is -0.482 e. The molecule has 0 spiro atoms. The van der Waals surface area contributed by atoms with Gasteiger partial charge in [0.15, 0.2) is 6.61 Å². The Morgan fingerprint density at radius 1 is 1.21 bits per heavy atom. The first-order chi connectivity index (χ1) is 13.6. The first-order valence-electron chi connectivity index (χ1n) is 8.55. The predicted molar refractivity (Wildman–Crippen MR) is 92.7 cm³/mol. The highest BCUT2D eigenvalue weighted by Crippen LogP contribution is 2.31. The predicted octanol–water partition coefficient (Wildman–Crippen LogP) is 2.15. The van der Waals surface area contributed by atoms with E-state index in [-0.39, 0.29) is 23.6 Å². The van der Waals surface area contributed by atoms with E-state index in [2.05, 4.69) is 10.6 Å². The average Bonchev–Trinajstić information content (AvgIpc) is 2.64. The van der Waals surface area contributed by atoms with Crippen LogP contribution in [0.15, 0.2) is 35.5 Å². The number of hydrogen-bond acceptors (Lipinski definition) is 6. The van der Waals surface area contributed by atoms with Gasteiger partial charge in [-0.1, -0.05) is 6.07 Å². The first-order valence-corrected chi connectivity index (χ1v) is 8.55. The number of hydrogen-bond donors (Lipinski definition) is 2. The van der Waals surface area contributed by atoms with Crippen LogP contribution in [0.2, 0.25) is 0 Å². The minimum atomic E-state index is -4.54. The lowest BCUT2D eigenvalue weighted by Gasteiger charge is -2.26. The molecule has 1 heterocycles. The number of carbonyl (C=O) groups is 3. The van der Waals surface area contributed by atoms with Crippen molar-refractivity contribution in [2.24, 2.45) is 0 Å². The van der Waals surface area contributed by atoms with Gasteiger partial charge in [0, 0.05) is 0 Å². The maximum Gasteiger partial charge on any atom is 0.416 e. The third kappa shape index (κ3) is 6.13. The van der Waals surface area contributed by atoms with Crippen LogP contribution in [0.25, 0.3) is 0 Å². The molecule has 0 aromatic heterocycles. The molecule has 1 aromatic carbocycles. The van der Waals surface area contributed by atoms with Gasteiger partial charge in [0.2, 0.25) is 0 Å². The van der Waals surface area contributed by atoms with Crippen LogP contribution in [0, 0.1) is 0 Å². The smallest absolute Gasteiger partial charge is 0.416 e. The SMILES string of the molecule is CCOC(=O)C1=C(COC(=O)COc2cccc(C(F)(F)F)c2)NC(=O)N[C@@H]1C. The molecule has 158 valence electrons. The monoisotopic (exact) mass is 416 g/mol. The van der Waals surface area contributed by atoms with Gasteiger partial charge in [-0.25, -0.2) is 14.4 Å². The van der Waals surface area contributed by atoms with Crippen molar-refractivity contribution in [2.45, 2.75) is 26.1 Å². The Hall–Kier alpha value is -3.24. The molecule has 0 fully saturated rings. The van der Waals surface area contributed by atoms with E-state index in [1.165, 1.54) is 6.07 Å². The highest BCUT2D eigenvalue weighted by atomic mass is 19.4. The van der Waals surface area contributed by atoms with E-state index >= 15 is 0 Å². The highest BCUT2D eigenvalue weighted by Gasteiger charge is 2.31. The van der Waals surface area contributed by atoms with Crippen LogP contribution in [-0.2, 0) is 25.2 Å². The minimum absolute atomic E-state index is 0.0483. The molecule has 1 aliphatic rings. The van der Waals surface area contributed by atoms with Crippen molar-refractivity contribution in [2.75, 3.05) is 19.8 Å². The van der Waals surface area contributed by atoms with Crippen molar-refractivity contribution in [3.63, 3.8) is 0 Å². The second-order valence-electron chi connectivity index (χ2n) is 5.91. The number of halogens is 3. The lowest BCUT2D eigenvalue weighted by atomic mass is 10.0. The molecule has 2 N–H and O–H groups in total. The number of esters is 2. The molecule has 8 nitrogen and oxygen atoms in total. The quantitative estimate of drug-likeness (QED) is 0.661. The van der Waals surface area contributed by atoms with Gasteiger partial charge in [-0.05, 0) is 32.0 Å². The molecule has 0 bridgehead atoms. The lowest BCUT2D eigenvalue weighted by molar-refractivity contribution is -0.145. The van der Waals surface area contributed by atoms with E-state index in [0.29, 0.717) is 0 Å². The van der Waals surface area contributed by atoms with E-state index in [1.807, 2.05) is 0 Å². The summed E-state index contributed by atoms with van der Waals surface area (Å²) >= 11 is 0. The average molecular weight is 416 g/mol. The number of amides is 2. The zero-order valence-electron chi connectivity index (χ0n) is 15.6. The van der Waals surface area contributed by atoms with Crippen LogP contribution in [-0.4, -0.2) is 43.8 Å². The third-order valence-electron chi connectivity index (χ3n) is 3.76. The normalized spacial score (nSPS) is 16.6. The molecule has 1 aromatic rings. The molecular weight excluding hydrogens is 397 g/mol. The van der Waals surface area contributed by atoms with Gasteiger partial charge < -0.3 is 24.8 Å². The molecule has 11 heteroatoms. The fourth-order valence-electron chi connectivity index (χ4n) is 2.49. The van der Waals surface area contributed by atoms with Gasteiger partial charge >= 0.3 is 24.1 Å². The molecule has 2 amide bonds. The summed E-state index contributed by atoms with van der Waals surface area (Å²) in [5.74, 6) is -1.75. The van der Waals surface area contributed by atoms with E-state index in [0.717, 1.165) is 18.2 Å². The van der Waals surface area contributed by atoms with Crippen molar-refractivity contribution in [3.05, 3.63) is 41.1 Å². The maximum absolute atomic E-state index is 12.7. The molecule has 0 unspecified atom stereocenters. The largest absolute Gasteiger partial charge is 0.482 e. The van der Waals surface area contributed by atoms with Gasteiger partial charge in [0.1, 0.15) is 12.4 Å². The molecule has 0 radical (unpaired) electrons. The molecular formula is C18H19F3N2O6. The van der Waals surface area contributed by atoms with Crippen LogP contribution in [0.5, 0.6) is 5.75 Å². The fourth-order valence-corrected chi connectivity index (χ4v) is 2.49. The second-order valence-corrected chi connectivity index (χ2v) is 5.91. The highest BCUT2D eigenvalue weighted by molar-refractivity contribution is 5.94. The summed E-state index contributed by atoms with van der Waals surface area (Å²) in [6.45, 7) is 2.18. The summed E-state index contributed by atoms with van der Waals surface area (Å²) in [4.78, 5) is 35.5. The molecule has 0 aliphatic carbocycles. The van der Waals surface area contributed by atoms with Gasteiger partial charge in [0.25, 0.3) is 0 Å². The van der Waals surface area contributed by atoms with Crippen LogP contribution in [0.1, 0.15) is 19.4 Å². The summed E-state index contributed by atoms with van der Waals surface area (Å²) < 4.78 is 53.0. The van der Waals surface area contributed by atoms with Crippen molar-refractivity contribution in [1.82, 2.24) is 10.6 Å². The summed E-state index contributed by atoms with van der Waals surface area (Å²) in [5, 5.41) is 4.86. The van der Waals surface area contributed by atoms with Crippen LogP contribution >= 0.6 is 0 Å². The first kappa shape index (κ1) is 22.1. The number of rotatable bonds is 7. The fraction of sp³-hybridized carbons (Fsp3) is 0.389. The van der Waals surface area contributed by atoms with Gasteiger partial charge in [0.05, 0.1) is 29.5 Å². The molecule has 0 saturated carbocycles. The Kier molecular flexibility index (Phi) is 7.08. The number of benzene rings is 1. The Morgan fingerprint density at radius 3 is 2.59 bits per heavy atom. The maximum atomic E-state index is 12.7. The summed E-state index contributed by atoms with van der Waals surface area (Å²) in [5.41, 5.74) is -0.774. The van der Waals surface area contributed by atoms with Crippen molar-refractivity contribution in [1.29, 1.82) is 0 Å². The van der Waals surface area contributed by atoms with Crippen molar-refractivity contribution < 1.29 is 41.8 Å². The zero-order valence-corrected chi connectivity index (χ0v) is 15.6. The van der Waals surface area contributed by atoms with Crippen LogP contribution in [0.4, 0.5) is 18.0 Å². The van der Waals surface area contributed by atoms with E-state index in [9.17, 15) is 27.6 Å². The molecule has 2 rings (SSSR count). The lowest BCUT2D eigenvalue weighted by Crippen LogP contribution is -2.50.